The standard InChI is InChI=1S/C11H12O4/c1-3-15-11(14)8-4-5-9(10(12)13)7(2)6-8/h4-6H,3H2,1-2H3,(H,12,13). The monoisotopic (exact) mass is 208 g/mol. The smallest absolute Gasteiger partial charge is 0.338 e. The maximum atomic E-state index is 11.3. The van der Waals surface area contributed by atoms with Crippen molar-refractivity contribution in [3.05, 3.63) is 34.9 Å². The molecule has 0 aliphatic heterocycles. The summed E-state index contributed by atoms with van der Waals surface area (Å²) in [6.07, 6.45) is 0. The number of hydrogen-bond acceptors (Lipinski definition) is 3. The van der Waals surface area contributed by atoms with Crippen LogP contribution in [-0.2, 0) is 4.74 Å². The molecule has 80 valence electrons. The highest BCUT2D eigenvalue weighted by Gasteiger charge is 2.11. The molecule has 0 aliphatic carbocycles. The molecule has 0 spiro atoms. The summed E-state index contributed by atoms with van der Waals surface area (Å²) in [5.74, 6) is -1.43. The Bertz CT molecular complexity index is 396. The third kappa shape index (κ3) is 2.56. The van der Waals surface area contributed by atoms with Crippen LogP contribution in [0.5, 0.6) is 0 Å². The van der Waals surface area contributed by atoms with Crippen LogP contribution in [0.15, 0.2) is 18.2 Å². The summed E-state index contributed by atoms with van der Waals surface area (Å²) < 4.78 is 4.80. The predicted molar refractivity (Wildman–Crippen MR) is 54.1 cm³/mol. The Balaban J connectivity index is 3.01. The summed E-state index contributed by atoms with van der Waals surface area (Å²) >= 11 is 0. The van der Waals surface area contributed by atoms with Gasteiger partial charge in [0.2, 0.25) is 0 Å². The molecule has 1 aromatic rings. The molecule has 4 heteroatoms. The average Bonchev–Trinajstić information content (AvgIpc) is 2.17. The van der Waals surface area contributed by atoms with E-state index in [9.17, 15) is 9.59 Å². The van der Waals surface area contributed by atoms with Crippen molar-refractivity contribution in [3.8, 4) is 0 Å². The van der Waals surface area contributed by atoms with Gasteiger partial charge in [0.25, 0.3) is 0 Å². The highest BCUT2D eigenvalue weighted by atomic mass is 16.5. The number of carboxylic acid groups (broad SMARTS) is 1. The average molecular weight is 208 g/mol. The van der Waals surface area contributed by atoms with Gasteiger partial charge in [0.05, 0.1) is 17.7 Å². The second-order valence-corrected chi connectivity index (χ2v) is 3.06. The minimum Gasteiger partial charge on any atom is -0.478 e. The van der Waals surface area contributed by atoms with E-state index in [1.807, 2.05) is 0 Å². The quantitative estimate of drug-likeness (QED) is 0.770. The summed E-state index contributed by atoms with van der Waals surface area (Å²) in [6.45, 7) is 3.67. The Hall–Kier alpha value is -1.84. The van der Waals surface area contributed by atoms with E-state index in [0.717, 1.165) is 0 Å². The molecule has 0 fully saturated rings. The van der Waals surface area contributed by atoms with Gasteiger partial charge in [-0.05, 0) is 37.6 Å². The van der Waals surface area contributed by atoms with Crippen LogP contribution in [0, 0.1) is 6.92 Å². The van der Waals surface area contributed by atoms with Gasteiger partial charge in [0, 0.05) is 0 Å². The van der Waals surface area contributed by atoms with Crippen LogP contribution in [0.3, 0.4) is 0 Å². The molecule has 0 saturated carbocycles. The van der Waals surface area contributed by atoms with Crippen molar-refractivity contribution in [1.29, 1.82) is 0 Å². The van der Waals surface area contributed by atoms with Gasteiger partial charge in [-0.1, -0.05) is 0 Å². The lowest BCUT2D eigenvalue weighted by molar-refractivity contribution is 0.0525. The van der Waals surface area contributed by atoms with Gasteiger partial charge in [-0.3, -0.25) is 0 Å². The van der Waals surface area contributed by atoms with Crippen LogP contribution in [-0.4, -0.2) is 23.7 Å². The van der Waals surface area contributed by atoms with Gasteiger partial charge in [-0.25, -0.2) is 9.59 Å². The first-order chi connectivity index (χ1) is 7.06. The maximum absolute atomic E-state index is 11.3. The van der Waals surface area contributed by atoms with Crippen LogP contribution >= 0.6 is 0 Å². The number of carbonyl (C=O) groups is 2. The third-order valence-electron chi connectivity index (χ3n) is 1.97. The molecule has 4 nitrogen and oxygen atoms in total. The molecule has 1 aromatic carbocycles. The molecule has 15 heavy (non-hydrogen) atoms. The number of carboxylic acids is 1. The molecular formula is C11H12O4. The first-order valence-corrected chi connectivity index (χ1v) is 4.57. The Morgan fingerprint density at radius 1 is 1.40 bits per heavy atom. The van der Waals surface area contributed by atoms with Gasteiger partial charge in [0.15, 0.2) is 0 Å². The van der Waals surface area contributed by atoms with E-state index in [4.69, 9.17) is 9.84 Å². The van der Waals surface area contributed by atoms with Gasteiger partial charge >= 0.3 is 11.9 Å². The second kappa shape index (κ2) is 4.59. The molecule has 0 atom stereocenters. The maximum Gasteiger partial charge on any atom is 0.338 e. The minimum atomic E-state index is -0.997. The minimum absolute atomic E-state index is 0.197. The topological polar surface area (TPSA) is 63.6 Å². The van der Waals surface area contributed by atoms with Crippen LogP contribution in [0.4, 0.5) is 0 Å². The van der Waals surface area contributed by atoms with Crippen LogP contribution < -0.4 is 0 Å². The van der Waals surface area contributed by atoms with E-state index >= 15 is 0 Å². The van der Waals surface area contributed by atoms with E-state index in [1.165, 1.54) is 18.2 Å². The zero-order valence-corrected chi connectivity index (χ0v) is 8.61. The van der Waals surface area contributed by atoms with Crippen molar-refractivity contribution in [2.24, 2.45) is 0 Å². The molecule has 0 amide bonds. The Morgan fingerprint density at radius 3 is 2.53 bits per heavy atom. The largest absolute Gasteiger partial charge is 0.478 e. The fraction of sp³-hybridized carbons (Fsp3) is 0.273. The van der Waals surface area contributed by atoms with Crippen molar-refractivity contribution in [1.82, 2.24) is 0 Å². The van der Waals surface area contributed by atoms with E-state index in [1.54, 1.807) is 13.8 Å². The van der Waals surface area contributed by atoms with Crippen LogP contribution in [0.2, 0.25) is 0 Å². The van der Waals surface area contributed by atoms with Gasteiger partial charge in [0.1, 0.15) is 0 Å². The fourth-order valence-corrected chi connectivity index (χ4v) is 1.25. The van der Waals surface area contributed by atoms with E-state index in [0.29, 0.717) is 17.7 Å². The Morgan fingerprint density at radius 2 is 2.07 bits per heavy atom. The molecule has 0 saturated heterocycles. The van der Waals surface area contributed by atoms with E-state index < -0.39 is 11.9 Å². The van der Waals surface area contributed by atoms with Crippen molar-refractivity contribution in [2.45, 2.75) is 13.8 Å². The number of rotatable bonds is 3. The molecule has 0 radical (unpaired) electrons. The fourth-order valence-electron chi connectivity index (χ4n) is 1.25. The Kier molecular flexibility index (Phi) is 3.44. The van der Waals surface area contributed by atoms with Crippen molar-refractivity contribution >= 4 is 11.9 Å². The number of benzene rings is 1. The van der Waals surface area contributed by atoms with E-state index in [-0.39, 0.29) is 5.56 Å². The molecule has 0 heterocycles. The van der Waals surface area contributed by atoms with Gasteiger partial charge in [-0.2, -0.15) is 0 Å². The molecule has 0 unspecified atom stereocenters. The molecule has 0 bridgehead atoms. The first kappa shape index (κ1) is 11.2. The summed E-state index contributed by atoms with van der Waals surface area (Å²) in [4.78, 5) is 22.0. The lowest BCUT2D eigenvalue weighted by atomic mass is 10.1. The van der Waals surface area contributed by atoms with Gasteiger partial charge in [-0.15, -0.1) is 0 Å². The highest BCUT2D eigenvalue weighted by molar-refractivity contribution is 5.93. The van der Waals surface area contributed by atoms with Crippen molar-refractivity contribution in [3.63, 3.8) is 0 Å². The normalized spacial score (nSPS) is 9.73. The summed E-state index contributed by atoms with van der Waals surface area (Å²) in [7, 11) is 0. The highest BCUT2D eigenvalue weighted by Crippen LogP contribution is 2.12. The predicted octanol–water partition coefficient (Wildman–Crippen LogP) is 1.87. The number of aromatic carboxylic acids is 1. The summed E-state index contributed by atoms with van der Waals surface area (Å²) in [5, 5.41) is 8.78. The van der Waals surface area contributed by atoms with Gasteiger partial charge < -0.3 is 9.84 Å². The van der Waals surface area contributed by atoms with Crippen molar-refractivity contribution in [2.75, 3.05) is 6.61 Å². The third-order valence-corrected chi connectivity index (χ3v) is 1.97. The Labute approximate surface area is 87.5 Å². The van der Waals surface area contributed by atoms with Crippen molar-refractivity contribution < 1.29 is 19.4 Å². The molecule has 0 aliphatic rings. The summed E-state index contributed by atoms with van der Waals surface area (Å²) in [6, 6.07) is 4.37. The molecular weight excluding hydrogens is 196 g/mol. The zero-order valence-electron chi connectivity index (χ0n) is 8.61. The van der Waals surface area contributed by atoms with E-state index in [2.05, 4.69) is 0 Å². The number of ether oxygens (including phenoxy) is 1. The van der Waals surface area contributed by atoms with Crippen LogP contribution in [0.25, 0.3) is 0 Å². The number of carbonyl (C=O) groups excluding carboxylic acids is 1. The summed E-state index contributed by atoms with van der Waals surface area (Å²) in [5.41, 5.74) is 1.12. The zero-order chi connectivity index (χ0) is 11.4. The molecule has 1 N–H and O–H groups in total. The second-order valence-electron chi connectivity index (χ2n) is 3.06. The first-order valence-electron chi connectivity index (χ1n) is 4.57. The van der Waals surface area contributed by atoms with Crippen LogP contribution in [0.1, 0.15) is 33.2 Å². The molecule has 0 aromatic heterocycles. The lowest BCUT2D eigenvalue weighted by Gasteiger charge is -2.04. The SMILES string of the molecule is CCOC(=O)c1ccc(C(=O)O)c(C)c1. The number of esters is 1. The lowest BCUT2D eigenvalue weighted by Crippen LogP contribution is -2.07. The number of hydrogen-bond donors (Lipinski definition) is 1. The molecule has 1 rings (SSSR count). The number of aryl methyl sites for hydroxylation is 1.